The smallest absolute Gasteiger partial charge is 0.177 e. The molecule has 0 amide bonds. The number of hydrogen-bond donors (Lipinski definition) is 9. The van der Waals surface area contributed by atoms with Crippen LogP contribution in [0, 0.1) is 0 Å². The van der Waals surface area contributed by atoms with Gasteiger partial charge in [-0.3, -0.25) is 4.79 Å². The van der Waals surface area contributed by atoms with Crippen molar-refractivity contribution in [1.29, 1.82) is 0 Å². The lowest BCUT2D eigenvalue weighted by Gasteiger charge is -2.47. The molecular weight excluding hydrogens is 320 g/mol. The lowest BCUT2D eigenvalue weighted by Crippen LogP contribution is -2.70. The fraction of sp³-hybridized carbons (Fsp3) is 0.917. The quantitative estimate of drug-likeness (QED) is 0.199. The molecule has 1 fully saturated rings. The van der Waals surface area contributed by atoms with E-state index in [9.17, 15) is 40.5 Å². The standard InChI is InChI=1S/C12H22O11/c13-1-4(16)6(17)10(21)12(22,3-15)11-9(20)8(19)7(18)5(2-14)23-11/h3-11,13-14,16-22H,1-2H2/t4?,5-,6?,7-,8+,9-,10?,11?,12?/m1/s1. The van der Waals surface area contributed by atoms with Gasteiger partial charge in [0.2, 0.25) is 0 Å². The zero-order valence-corrected chi connectivity index (χ0v) is 12.0. The molecule has 9 atom stereocenters. The SMILES string of the molecule is O=CC(O)(C(O)C(O)C(O)CO)C1O[C@H](CO)[C@@H](O)[C@H](O)[C@H]1O. The lowest BCUT2D eigenvalue weighted by molar-refractivity contribution is -0.283. The van der Waals surface area contributed by atoms with Crippen LogP contribution in [0.5, 0.6) is 0 Å². The molecule has 11 nitrogen and oxygen atoms in total. The Morgan fingerprint density at radius 1 is 1.04 bits per heavy atom. The molecule has 23 heavy (non-hydrogen) atoms. The van der Waals surface area contributed by atoms with Crippen LogP contribution in [0.2, 0.25) is 0 Å². The lowest BCUT2D eigenvalue weighted by atomic mass is 9.80. The molecule has 1 aliphatic rings. The van der Waals surface area contributed by atoms with Crippen LogP contribution in [0.3, 0.4) is 0 Å². The number of hydrogen-bond acceptors (Lipinski definition) is 11. The number of ether oxygens (including phenoxy) is 1. The Bertz CT molecular complexity index is 391. The van der Waals surface area contributed by atoms with E-state index in [1.807, 2.05) is 0 Å². The monoisotopic (exact) mass is 342 g/mol. The Balaban J connectivity index is 3.12. The number of aliphatic hydroxyl groups excluding tert-OH is 8. The summed E-state index contributed by atoms with van der Waals surface area (Å²) in [6, 6.07) is 0. The van der Waals surface area contributed by atoms with Crippen LogP contribution >= 0.6 is 0 Å². The molecule has 11 heteroatoms. The number of carbonyl (C=O) groups is 1. The molecule has 0 aromatic heterocycles. The van der Waals surface area contributed by atoms with E-state index >= 15 is 0 Å². The van der Waals surface area contributed by atoms with E-state index in [-0.39, 0.29) is 6.29 Å². The van der Waals surface area contributed by atoms with Gasteiger partial charge in [0.15, 0.2) is 11.9 Å². The minimum absolute atomic E-state index is 0.280. The van der Waals surface area contributed by atoms with Crippen molar-refractivity contribution in [3.63, 3.8) is 0 Å². The van der Waals surface area contributed by atoms with Gasteiger partial charge in [-0.05, 0) is 0 Å². The van der Waals surface area contributed by atoms with Crippen LogP contribution in [0.15, 0.2) is 0 Å². The van der Waals surface area contributed by atoms with Crippen molar-refractivity contribution in [2.75, 3.05) is 13.2 Å². The summed E-state index contributed by atoms with van der Waals surface area (Å²) in [5, 5.41) is 86.1. The topological polar surface area (TPSA) is 208 Å². The molecule has 0 aromatic carbocycles. The first-order chi connectivity index (χ1) is 10.6. The maximum Gasteiger partial charge on any atom is 0.177 e. The Morgan fingerprint density at radius 2 is 1.61 bits per heavy atom. The molecule has 9 N–H and O–H groups in total. The van der Waals surface area contributed by atoms with Crippen LogP contribution < -0.4 is 0 Å². The molecule has 0 radical (unpaired) electrons. The van der Waals surface area contributed by atoms with Gasteiger partial charge in [0.05, 0.1) is 13.2 Å². The third-order valence-electron chi connectivity index (χ3n) is 3.92. The summed E-state index contributed by atoms with van der Waals surface area (Å²) in [5.74, 6) is 0. The maximum atomic E-state index is 11.2. The van der Waals surface area contributed by atoms with E-state index in [2.05, 4.69) is 0 Å². The van der Waals surface area contributed by atoms with Gasteiger partial charge in [-0.1, -0.05) is 0 Å². The molecule has 0 saturated carbocycles. The Morgan fingerprint density at radius 3 is 2.04 bits per heavy atom. The summed E-state index contributed by atoms with van der Waals surface area (Å²) in [5.41, 5.74) is -3.01. The van der Waals surface area contributed by atoms with E-state index < -0.39 is 67.6 Å². The van der Waals surface area contributed by atoms with Crippen molar-refractivity contribution in [2.45, 2.75) is 54.4 Å². The highest BCUT2D eigenvalue weighted by molar-refractivity contribution is 5.65. The van der Waals surface area contributed by atoms with E-state index in [0.29, 0.717) is 0 Å². The van der Waals surface area contributed by atoms with E-state index in [1.165, 1.54) is 0 Å². The third kappa shape index (κ3) is 3.69. The first-order valence-electron chi connectivity index (χ1n) is 6.79. The van der Waals surface area contributed by atoms with E-state index in [0.717, 1.165) is 0 Å². The molecule has 0 spiro atoms. The highest BCUT2D eigenvalue weighted by atomic mass is 16.6. The molecular formula is C12H22O11. The van der Waals surface area contributed by atoms with E-state index in [4.69, 9.17) is 14.9 Å². The third-order valence-corrected chi connectivity index (χ3v) is 3.92. The molecule has 0 aromatic rings. The summed E-state index contributed by atoms with van der Waals surface area (Å²) >= 11 is 0. The zero-order chi connectivity index (χ0) is 17.9. The van der Waals surface area contributed by atoms with Crippen molar-refractivity contribution in [1.82, 2.24) is 0 Å². The summed E-state index contributed by atoms with van der Waals surface area (Å²) in [6.07, 6.45) is -16.0. The van der Waals surface area contributed by atoms with Crippen LogP contribution in [0.4, 0.5) is 0 Å². The number of aliphatic hydroxyl groups is 9. The maximum absolute atomic E-state index is 11.2. The van der Waals surface area contributed by atoms with Crippen LogP contribution in [0.1, 0.15) is 0 Å². The Labute approximate surface area is 130 Å². The van der Waals surface area contributed by atoms with Gasteiger partial charge in [0.25, 0.3) is 0 Å². The second-order valence-corrected chi connectivity index (χ2v) is 5.44. The van der Waals surface area contributed by atoms with Crippen molar-refractivity contribution in [3.8, 4) is 0 Å². The number of aldehydes is 1. The molecule has 0 bridgehead atoms. The fourth-order valence-electron chi connectivity index (χ4n) is 2.38. The van der Waals surface area contributed by atoms with E-state index in [1.54, 1.807) is 0 Å². The summed E-state index contributed by atoms with van der Waals surface area (Å²) in [6.45, 7) is -1.84. The normalized spacial score (nSPS) is 38.4. The summed E-state index contributed by atoms with van der Waals surface area (Å²) in [7, 11) is 0. The van der Waals surface area contributed by atoms with Gasteiger partial charge in [0.1, 0.15) is 48.8 Å². The number of carbonyl (C=O) groups excluding carboxylic acids is 1. The van der Waals surface area contributed by atoms with Gasteiger partial charge < -0.3 is 50.7 Å². The highest BCUT2D eigenvalue weighted by Gasteiger charge is 2.57. The average Bonchev–Trinajstić information content (AvgIpc) is 2.57. The zero-order valence-electron chi connectivity index (χ0n) is 12.0. The molecule has 5 unspecified atom stereocenters. The predicted octanol–water partition coefficient (Wildman–Crippen LogP) is -6.17. The minimum Gasteiger partial charge on any atom is -0.394 e. The Kier molecular flexibility index (Phi) is 6.97. The van der Waals surface area contributed by atoms with Gasteiger partial charge in [0, 0.05) is 0 Å². The molecule has 1 heterocycles. The van der Waals surface area contributed by atoms with Gasteiger partial charge >= 0.3 is 0 Å². The van der Waals surface area contributed by atoms with Crippen molar-refractivity contribution >= 4 is 6.29 Å². The minimum atomic E-state index is -3.01. The molecule has 1 rings (SSSR count). The summed E-state index contributed by atoms with van der Waals surface area (Å²) < 4.78 is 4.96. The molecule has 136 valence electrons. The predicted molar refractivity (Wildman–Crippen MR) is 69.9 cm³/mol. The fourth-order valence-corrected chi connectivity index (χ4v) is 2.38. The first-order valence-corrected chi connectivity index (χ1v) is 6.79. The van der Waals surface area contributed by atoms with Crippen LogP contribution in [-0.2, 0) is 9.53 Å². The molecule has 1 aliphatic heterocycles. The van der Waals surface area contributed by atoms with Crippen LogP contribution in [0.25, 0.3) is 0 Å². The van der Waals surface area contributed by atoms with Gasteiger partial charge in [-0.15, -0.1) is 0 Å². The van der Waals surface area contributed by atoms with Crippen molar-refractivity contribution in [3.05, 3.63) is 0 Å². The average molecular weight is 342 g/mol. The number of rotatable bonds is 7. The summed E-state index contributed by atoms with van der Waals surface area (Å²) in [4.78, 5) is 11.2. The van der Waals surface area contributed by atoms with Gasteiger partial charge in [-0.2, -0.15) is 0 Å². The first kappa shape index (κ1) is 20.3. The molecule has 1 saturated heterocycles. The Hall–Kier alpha value is -0.730. The second kappa shape index (κ2) is 7.90. The largest absolute Gasteiger partial charge is 0.394 e. The van der Waals surface area contributed by atoms with Gasteiger partial charge in [-0.25, -0.2) is 0 Å². The second-order valence-electron chi connectivity index (χ2n) is 5.44. The molecule has 0 aliphatic carbocycles. The van der Waals surface area contributed by atoms with Crippen LogP contribution in [-0.4, -0.2) is 120 Å². The highest BCUT2D eigenvalue weighted by Crippen LogP contribution is 2.31. The van der Waals surface area contributed by atoms with Crippen molar-refractivity contribution < 1.29 is 55.5 Å². The van der Waals surface area contributed by atoms with Crippen molar-refractivity contribution in [2.24, 2.45) is 0 Å².